The first-order chi connectivity index (χ1) is 11.8. The maximum absolute atomic E-state index is 4.63. The minimum atomic E-state index is 0.851. The van der Waals surface area contributed by atoms with E-state index in [2.05, 4.69) is 65.7 Å². The number of benzene rings is 2. The van der Waals surface area contributed by atoms with Crippen molar-refractivity contribution in [2.75, 3.05) is 0 Å². The van der Waals surface area contributed by atoms with Crippen LogP contribution in [0.25, 0.3) is 11.1 Å². The van der Waals surface area contributed by atoms with Crippen LogP contribution in [0.1, 0.15) is 57.4 Å². The van der Waals surface area contributed by atoms with Gasteiger partial charge in [0.25, 0.3) is 0 Å². The molecule has 0 atom stereocenters. The molecule has 126 valence electrons. The van der Waals surface area contributed by atoms with Crippen molar-refractivity contribution in [3.63, 3.8) is 0 Å². The van der Waals surface area contributed by atoms with Crippen molar-refractivity contribution < 1.29 is 0 Å². The third-order valence-corrected chi connectivity index (χ3v) is 4.49. The molecule has 0 aromatic heterocycles. The van der Waals surface area contributed by atoms with Gasteiger partial charge in [0.2, 0.25) is 0 Å². The minimum Gasteiger partial charge on any atom is -0.195 e. The molecule has 0 saturated carbocycles. The molecule has 2 heteroatoms. The summed E-state index contributed by atoms with van der Waals surface area (Å²) in [4.78, 5) is 3.99. The highest BCUT2D eigenvalue weighted by Gasteiger charge is 1.99. The van der Waals surface area contributed by atoms with Gasteiger partial charge in [-0.05, 0) is 53.9 Å². The predicted octanol–water partition coefficient (Wildman–Crippen LogP) is 7.38. The largest absolute Gasteiger partial charge is 0.195 e. The Labute approximate surface area is 151 Å². The van der Waals surface area contributed by atoms with Crippen LogP contribution in [0, 0.1) is 0 Å². The number of aliphatic imine (C=N–C) groups is 1. The monoisotopic (exact) mass is 337 g/mol. The fourth-order valence-corrected chi connectivity index (χ4v) is 3.04. The fourth-order valence-electron chi connectivity index (χ4n) is 2.93. The number of rotatable bonds is 10. The Morgan fingerprint density at radius 1 is 0.750 bits per heavy atom. The van der Waals surface area contributed by atoms with Gasteiger partial charge in [0.05, 0.1) is 10.8 Å². The molecule has 2 aromatic carbocycles. The van der Waals surface area contributed by atoms with Crippen molar-refractivity contribution in [2.45, 2.75) is 58.3 Å². The zero-order valence-electron chi connectivity index (χ0n) is 14.6. The maximum atomic E-state index is 4.63. The van der Waals surface area contributed by atoms with Crippen molar-refractivity contribution >= 4 is 23.1 Å². The van der Waals surface area contributed by atoms with Crippen molar-refractivity contribution in [3.05, 3.63) is 54.1 Å². The quantitative estimate of drug-likeness (QED) is 0.250. The summed E-state index contributed by atoms with van der Waals surface area (Å²) >= 11 is 4.63. The molecule has 0 aliphatic carbocycles. The van der Waals surface area contributed by atoms with Crippen LogP contribution in [0.4, 0.5) is 5.69 Å². The molecule has 24 heavy (non-hydrogen) atoms. The van der Waals surface area contributed by atoms with Crippen LogP contribution in [0.15, 0.2) is 53.5 Å². The van der Waals surface area contributed by atoms with E-state index < -0.39 is 0 Å². The summed E-state index contributed by atoms with van der Waals surface area (Å²) < 4.78 is 0. The van der Waals surface area contributed by atoms with E-state index in [9.17, 15) is 0 Å². The van der Waals surface area contributed by atoms with Gasteiger partial charge in [-0.1, -0.05) is 81.8 Å². The van der Waals surface area contributed by atoms with Crippen LogP contribution in [0.3, 0.4) is 0 Å². The van der Waals surface area contributed by atoms with Gasteiger partial charge in [-0.25, -0.2) is 0 Å². The molecule has 1 nitrogen and oxygen atoms in total. The van der Waals surface area contributed by atoms with Crippen LogP contribution in [-0.4, -0.2) is 5.16 Å². The van der Waals surface area contributed by atoms with Gasteiger partial charge in [-0.2, -0.15) is 4.99 Å². The SMILES string of the molecule is CCCCCCCCCc1ccc(-c2ccc(N=C=S)cc2)cc1. The van der Waals surface area contributed by atoms with E-state index in [1.807, 2.05) is 12.1 Å². The molecule has 0 saturated heterocycles. The van der Waals surface area contributed by atoms with Gasteiger partial charge in [0, 0.05) is 0 Å². The Bertz CT molecular complexity index is 637. The summed E-state index contributed by atoms with van der Waals surface area (Å²) in [7, 11) is 0. The first-order valence-corrected chi connectivity index (χ1v) is 9.51. The third-order valence-electron chi connectivity index (χ3n) is 4.40. The lowest BCUT2D eigenvalue weighted by Crippen LogP contribution is -1.87. The highest BCUT2D eigenvalue weighted by atomic mass is 32.1. The molecule has 2 rings (SSSR count). The number of aryl methyl sites for hydroxylation is 1. The Balaban J connectivity index is 1.79. The number of thiocarbonyl (C=S) groups is 1. The molecule has 0 radical (unpaired) electrons. The summed E-state index contributed by atoms with van der Waals surface area (Å²) in [6.45, 7) is 2.27. The van der Waals surface area contributed by atoms with Crippen LogP contribution in [0.2, 0.25) is 0 Å². The van der Waals surface area contributed by atoms with Gasteiger partial charge in [-0.3, -0.25) is 0 Å². The topological polar surface area (TPSA) is 12.4 Å². The summed E-state index contributed by atoms with van der Waals surface area (Å²) in [5, 5.41) is 2.40. The summed E-state index contributed by atoms with van der Waals surface area (Å²) in [5.41, 5.74) is 4.75. The summed E-state index contributed by atoms with van der Waals surface area (Å²) in [5.74, 6) is 0. The number of hydrogen-bond donors (Lipinski definition) is 0. The lowest BCUT2D eigenvalue weighted by molar-refractivity contribution is 0.589. The van der Waals surface area contributed by atoms with Crippen LogP contribution in [-0.2, 0) is 6.42 Å². The Morgan fingerprint density at radius 3 is 1.88 bits per heavy atom. The van der Waals surface area contributed by atoms with E-state index in [4.69, 9.17) is 0 Å². The lowest BCUT2D eigenvalue weighted by Gasteiger charge is -2.05. The molecule has 0 unspecified atom stereocenters. The Morgan fingerprint density at radius 2 is 1.29 bits per heavy atom. The van der Waals surface area contributed by atoms with Gasteiger partial charge in [0.1, 0.15) is 0 Å². The minimum absolute atomic E-state index is 0.851. The van der Waals surface area contributed by atoms with Crippen molar-refractivity contribution in [2.24, 2.45) is 4.99 Å². The van der Waals surface area contributed by atoms with E-state index in [0.717, 1.165) is 5.69 Å². The molecule has 0 spiro atoms. The van der Waals surface area contributed by atoms with Crippen LogP contribution < -0.4 is 0 Å². The fraction of sp³-hybridized carbons (Fsp3) is 0.409. The van der Waals surface area contributed by atoms with Crippen molar-refractivity contribution in [1.82, 2.24) is 0 Å². The second-order valence-corrected chi connectivity index (χ2v) is 6.50. The number of unbranched alkanes of at least 4 members (excludes halogenated alkanes) is 6. The zero-order valence-corrected chi connectivity index (χ0v) is 15.4. The normalized spacial score (nSPS) is 10.4. The van der Waals surface area contributed by atoms with Crippen molar-refractivity contribution in [1.29, 1.82) is 0 Å². The Kier molecular flexibility index (Phi) is 8.45. The molecule has 0 amide bonds. The van der Waals surface area contributed by atoms with E-state index in [1.165, 1.54) is 68.1 Å². The number of hydrogen-bond acceptors (Lipinski definition) is 2. The van der Waals surface area contributed by atoms with E-state index in [1.54, 1.807) is 0 Å². The van der Waals surface area contributed by atoms with Gasteiger partial charge < -0.3 is 0 Å². The van der Waals surface area contributed by atoms with Gasteiger partial charge >= 0.3 is 0 Å². The molecular weight excluding hydrogens is 310 g/mol. The first-order valence-electron chi connectivity index (χ1n) is 9.10. The molecule has 0 fully saturated rings. The average molecular weight is 338 g/mol. The first kappa shape index (κ1) is 18.6. The number of isothiocyanates is 1. The van der Waals surface area contributed by atoms with Crippen LogP contribution in [0.5, 0.6) is 0 Å². The summed E-state index contributed by atoms with van der Waals surface area (Å²) in [6.07, 6.45) is 10.7. The van der Waals surface area contributed by atoms with Gasteiger partial charge in [-0.15, -0.1) is 0 Å². The maximum Gasteiger partial charge on any atom is 0.0739 e. The number of nitrogens with zero attached hydrogens (tertiary/aromatic N) is 1. The summed E-state index contributed by atoms with van der Waals surface area (Å²) in [6, 6.07) is 17.1. The molecular formula is C22H27NS. The van der Waals surface area contributed by atoms with Gasteiger partial charge in [0.15, 0.2) is 0 Å². The molecule has 0 N–H and O–H groups in total. The average Bonchev–Trinajstić information content (AvgIpc) is 2.62. The highest BCUT2D eigenvalue weighted by molar-refractivity contribution is 7.78. The lowest BCUT2D eigenvalue weighted by atomic mass is 10.0. The third kappa shape index (κ3) is 6.39. The second kappa shape index (κ2) is 10.9. The molecule has 0 aliphatic rings. The zero-order chi connectivity index (χ0) is 17.0. The predicted molar refractivity (Wildman–Crippen MR) is 108 cm³/mol. The Hall–Kier alpha value is -1.76. The van der Waals surface area contributed by atoms with E-state index >= 15 is 0 Å². The standard InChI is InChI=1S/C22H27NS/c1-2-3-4-5-6-7-8-9-19-10-12-20(13-11-19)21-14-16-22(17-15-21)23-18-24/h10-17H,2-9H2,1H3. The molecule has 0 aliphatic heterocycles. The van der Waals surface area contributed by atoms with Crippen molar-refractivity contribution in [3.8, 4) is 11.1 Å². The second-order valence-electron chi connectivity index (χ2n) is 6.32. The highest BCUT2D eigenvalue weighted by Crippen LogP contribution is 2.23. The van der Waals surface area contributed by atoms with E-state index in [0.29, 0.717) is 0 Å². The molecule has 0 heterocycles. The molecule has 2 aromatic rings. The van der Waals surface area contributed by atoms with Crippen LogP contribution >= 0.6 is 12.2 Å². The molecule has 0 bridgehead atoms. The smallest absolute Gasteiger partial charge is 0.0739 e. The van der Waals surface area contributed by atoms with E-state index in [-0.39, 0.29) is 0 Å².